The lowest BCUT2D eigenvalue weighted by atomic mass is 9.90. The first kappa shape index (κ1) is 20.4. The van der Waals surface area contributed by atoms with E-state index in [9.17, 15) is 4.79 Å². The van der Waals surface area contributed by atoms with Gasteiger partial charge in [0, 0.05) is 37.7 Å². The van der Waals surface area contributed by atoms with Gasteiger partial charge in [-0.2, -0.15) is 0 Å². The third kappa shape index (κ3) is 4.67. The average Bonchev–Trinajstić information content (AvgIpc) is 3.49. The van der Waals surface area contributed by atoms with E-state index in [0.717, 1.165) is 70.0 Å². The lowest BCUT2D eigenvalue weighted by Gasteiger charge is -2.32. The van der Waals surface area contributed by atoms with Crippen molar-refractivity contribution < 1.29 is 9.53 Å². The van der Waals surface area contributed by atoms with Gasteiger partial charge in [-0.15, -0.1) is 0 Å². The highest BCUT2D eigenvalue weighted by Crippen LogP contribution is 2.60. The minimum atomic E-state index is 0.289. The SMILES string of the molecule is COc1ccccc1/C=C/CN1CCC2(CC1)CC2C(=O)N1CCCN(C)CC1. The fourth-order valence-electron chi connectivity index (χ4n) is 5.05. The normalized spacial score (nSPS) is 25.3. The molecule has 0 radical (unpaired) electrons. The molecule has 0 bridgehead atoms. The number of nitrogens with zero attached hydrogens (tertiary/aromatic N) is 3. The number of likely N-dealkylation sites (N-methyl/N-ethyl adjacent to an activating group) is 1. The van der Waals surface area contributed by atoms with E-state index in [2.05, 4.69) is 40.0 Å². The number of methoxy groups -OCH3 is 1. The zero-order chi connectivity index (χ0) is 20.3. The summed E-state index contributed by atoms with van der Waals surface area (Å²) in [6, 6.07) is 8.12. The molecule has 0 aromatic heterocycles. The van der Waals surface area contributed by atoms with Gasteiger partial charge >= 0.3 is 0 Å². The van der Waals surface area contributed by atoms with Crippen LogP contribution in [-0.4, -0.2) is 80.6 Å². The van der Waals surface area contributed by atoms with E-state index in [0.29, 0.717) is 11.3 Å². The molecule has 1 aromatic rings. The van der Waals surface area contributed by atoms with Gasteiger partial charge in [0.1, 0.15) is 5.75 Å². The summed E-state index contributed by atoms with van der Waals surface area (Å²) in [6.07, 6.45) is 8.94. The van der Waals surface area contributed by atoms with Crippen LogP contribution < -0.4 is 4.74 Å². The van der Waals surface area contributed by atoms with Gasteiger partial charge in [-0.1, -0.05) is 30.4 Å². The predicted octanol–water partition coefficient (Wildman–Crippen LogP) is 2.97. The summed E-state index contributed by atoms with van der Waals surface area (Å²) in [6.45, 7) is 7.13. The third-order valence-electron chi connectivity index (χ3n) is 7.17. The fraction of sp³-hybridized carbons (Fsp3) is 0.625. The van der Waals surface area contributed by atoms with Crippen LogP contribution in [-0.2, 0) is 4.79 Å². The van der Waals surface area contributed by atoms with E-state index in [-0.39, 0.29) is 5.92 Å². The van der Waals surface area contributed by atoms with Crippen molar-refractivity contribution in [2.45, 2.75) is 25.7 Å². The second-order valence-electron chi connectivity index (χ2n) is 9.05. The van der Waals surface area contributed by atoms with Crippen molar-refractivity contribution in [1.82, 2.24) is 14.7 Å². The molecule has 5 heteroatoms. The van der Waals surface area contributed by atoms with E-state index < -0.39 is 0 Å². The predicted molar refractivity (Wildman–Crippen MR) is 117 cm³/mol. The van der Waals surface area contributed by atoms with Crippen molar-refractivity contribution in [3.63, 3.8) is 0 Å². The van der Waals surface area contributed by atoms with Gasteiger partial charge in [0.15, 0.2) is 0 Å². The maximum absolute atomic E-state index is 13.0. The van der Waals surface area contributed by atoms with Crippen molar-refractivity contribution in [2.24, 2.45) is 11.3 Å². The van der Waals surface area contributed by atoms with Crippen LogP contribution >= 0.6 is 0 Å². The fourth-order valence-corrected chi connectivity index (χ4v) is 5.05. The largest absolute Gasteiger partial charge is 0.496 e. The third-order valence-corrected chi connectivity index (χ3v) is 7.17. The molecule has 1 aliphatic carbocycles. The number of likely N-dealkylation sites (tertiary alicyclic amines) is 1. The van der Waals surface area contributed by atoms with Gasteiger partial charge in [-0.25, -0.2) is 0 Å². The van der Waals surface area contributed by atoms with Gasteiger partial charge in [0.05, 0.1) is 7.11 Å². The van der Waals surface area contributed by atoms with Gasteiger partial charge < -0.3 is 14.5 Å². The van der Waals surface area contributed by atoms with Crippen LogP contribution in [0.15, 0.2) is 30.3 Å². The zero-order valence-electron chi connectivity index (χ0n) is 18.0. The summed E-state index contributed by atoms with van der Waals surface area (Å²) in [5.74, 6) is 1.64. The monoisotopic (exact) mass is 397 g/mol. The molecule has 1 aromatic carbocycles. The standard InChI is InChI=1S/C24H35N3O2/c1-25-12-6-14-27(18-17-25)23(28)21-19-24(21)10-15-26(16-11-24)13-5-8-20-7-3-4-9-22(20)29-2/h3-5,7-9,21H,6,10-19H2,1-2H3/b8-5+. The molecule has 158 valence electrons. The van der Waals surface area contributed by atoms with Crippen LogP contribution in [0.25, 0.3) is 6.08 Å². The number of hydrogen-bond donors (Lipinski definition) is 0. The molecule has 4 rings (SSSR count). The molecule has 1 unspecified atom stereocenters. The van der Waals surface area contributed by atoms with Crippen molar-refractivity contribution in [3.8, 4) is 5.75 Å². The number of ether oxygens (including phenoxy) is 1. The maximum Gasteiger partial charge on any atom is 0.226 e. The molecule has 5 nitrogen and oxygen atoms in total. The zero-order valence-corrected chi connectivity index (χ0v) is 18.0. The van der Waals surface area contributed by atoms with E-state index in [1.807, 2.05) is 18.2 Å². The molecule has 3 aliphatic rings. The molecule has 1 atom stereocenters. The summed E-state index contributed by atoms with van der Waals surface area (Å²) < 4.78 is 5.42. The van der Waals surface area contributed by atoms with Gasteiger partial charge in [-0.05, 0) is 63.8 Å². The van der Waals surface area contributed by atoms with Crippen LogP contribution in [0.1, 0.15) is 31.2 Å². The molecule has 29 heavy (non-hydrogen) atoms. The second-order valence-corrected chi connectivity index (χ2v) is 9.05. The summed E-state index contributed by atoms with van der Waals surface area (Å²) in [5, 5.41) is 0. The number of rotatable bonds is 5. The van der Waals surface area contributed by atoms with Crippen molar-refractivity contribution in [2.75, 3.05) is 60.0 Å². The van der Waals surface area contributed by atoms with E-state index in [1.54, 1.807) is 7.11 Å². The highest BCUT2D eigenvalue weighted by molar-refractivity contribution is 5.82. The highest BCUT2D eigenvalue weighted by Gasteiger charge is 2.59. The summed E-state index contributed by atoms with van der Waals surface area (Å²) >= 11 is 0. The number of hydrogen-bond acceptors (Lipinski definition) is 4. The number of para-hydroxylation sites is 1. The van der Waals surface area contributed by atoms with E-state index in [4.69, 9.17) is 4.74 Å². The molecule has 2 heterocycles. The lowest BCUT2D eigenvalue weighted by molar-refractivity contribution is -0.133. The average molecular weight is 398 g/mol. The Labute approximate surface area is 175 Å². The van der Waals surface area contributed by atoms with Crippen molar-refractivity contribution >= 4 is 12.0 Å². The molecule has 1 spiro atoms. The molecule has 1 saturated carbocycles. The Kier molecular flexibility index (Phi) is 6.26. The van der Waals surface area contributed by atoms with Crippen LogP contribution in [0.2, 0.25) is 0 Å². The Bertz CT molecular complexity index is 739. The van der Waals surface area contributed by atoms with Crippen LogP contribution in [0, 0.1) is 11.3 Å². The van der Waals surface area contributed by atoms with Crippen molar-refractivity contribution in [3.05, 3.63) is 35.9 Å². The smallest absolute Gasteiger partial charge is 0.226 e. The lowest BCUT2D eigenvalue weighted by Crippen LogP contribution is -2.39. The highest BCUT2D eigenvalue weighted by atomic mass is 16.5. The maximum atomic E-state index is 13.0. The Morgan fingerprint density at radius 3 is 2.72 bits per heavy atom. The Balaban J connectivity index is 1.25. The van der Waals surface area contributed by atoms with Crippen molar-refractivity contribution in [1.29, 1.82) is 0 Å². The molecule has 0 N–H and O–H groups in total. The summed E-state index contributed by atoms with van der Waals surface area (Å²) in [5.41, 5.74) is 1.43. The van der Waals surface area contributed by atoms with Crippen LogP contribution in [0.4, 0.5) is 0 Å². The first-order chi connectivity index (χ1) is 14.1. The summed E-state index contributed by atoms with van der Waals surface area (Å²) in [4.78, 5) is 20.0. The van der Waals surface area contributed by atoms with Gasteiger partial charge in [0.2, 0.25) is 5.91 Å². The number of piperidine rings is 1. The minimum Gasteiger partial charge on any atom is -0.496 e. The molecule has 2 saturated heterocycles. The van der Waals surface area contributed by atoms with E-state index >= 15 is 0 Å². The number of amides is 1. The minimum absolute atomic E-state index is 0.289. The number of benzene rings is 1. The molecular weight excluding hydrogens is 362 g/mol. The Hall–Kier alpha value is -1.85. The van der Waals surface area contributed by atoms with Crippen LogP contribution in [0.3, 0.4) is 0 Å². The Morgan fingerprint density at radius 1 is 1.14 bits per heavy atom. The first-order valence-electron chi connectivity index (χ1n) is 11.1. The van der Waals surface area contributed by atoms with Gasteiger partial charge in [0.25, 0.3) is 0 Å². The van der Waals surface area contributed by atoms with E-state index in [1.165, 1.54) is 12.8 Å². The molecular formula is C24H35N3O2. The number of carbonyl (C=O) groups excluding carboxylic acids is 1. The molecule has 3 fully saturated rings. The Morgan fingerprint density at radius 2 is 1.93 bits per heavy atom. The summed E-state index contributed by atoms with van der Waals surface area (Å²) in [7, 11) is 3.87. The van der Waals surface area contributed by atoms with Crippen LogP contribution in [0.5, 0.6) is 5.75 Å². The number of carbonyl (C=O) groups is 1. The van der Waals surface area contributed by atoms with Gasteiger partial charge in [-0.3, -0.25) is 9.69 Å². The first-order valence-corrected chi connectivity index (χ1v) is 11.1. The second kappa shape index (κ2) is 8.88. The topological polar surface area (TPSA) is 36.0 Å². The molecule has 2 aliphatic heterocycles. The molecule has 1 amide bonds. The quantitative estimate of drug-likeness (QED) is 0.765.